The maximum Gasteiger partial charge on any atom is 0.335 e. The Balaban J connectivity index is 0.000000216. The predicted octanol–water partition coefficient (Wildman–Crippen LogP) is 6.61. The number of hydrogen-bond acceptors (Lipinski definition) is 6. The molecule has 0 aliphatic carbocycles. The van der Waals surface area contributed by atoms with Crippen LogP contribution in [0.15, 0.2) is 109 Å². The Morgan fingerprint density at radius 1 is 0.714 bits per heavy atom. The minimum atomic E-state index is -0.974. The van der Waals surface area contributed by atoms with E-state index in [9.17, 15) is 19.2 Å². The molecule has 1 fully saturated rings. The number of ether oxygens (including phenoxy) is 1. The highest BCUT2D eigenvalue weighted by Gasteiger charge is 2.42. The molecule has 0 aromatic heterocycles. The SMILES string of the molecule is CC1C(=O)N(c2ccc(O)cc2)C(=O)C1C.O=C(O)c1ccc(Oc2ccc(/C=C/C(=O)c3ccccc3)cc2)cc1. The number of amides is 2. The van der Waals surface area contributed by atoms with Crippen LogP contribution in [0.5, 0.6) is 17.2 Å². The Hall–Kier alpha value is -5.50. The molecule has 4 aromatic rings. The number of rotatable bonds is 7. The molecule has 0 bridgehead atoms. The number of carbonyl (C=O) groups is 4. The van der Waals surface area contributed by atoms with Gasteiger partial charge in [0.15, 0.2) is 5.78 Å². The maximum atomic E-state index is 12.0. The molecule has 8 heteroatoms. The van der Waals surface area contributed by atoms with E-state index in [1.54, 1.807) is 68.5 Å². The van der Waals surface area contributed by atoms with Crippen molar-refractivity contribution in [2.45, 2.75) is 13.8 Å². The number of phenols is 1. The number of carboxylic acid groups (broad SMARTS) is 1. The summed E-state index contributed by atoms with van der Waals surface area (Å²) in [7, 11) is 0. The van der Waals surface area contributed by atoms with Gasteiger partial charge in [-0.3, -0.25) is 19.3 Å². The van der Waals surface area contributed by atoms with Crippen molar-refractivity contribution in [1.82, 2.24) is 0 Å². The molecule has 42 heavy (non-hydrogen) atoms. The molecule has 1 aliphatic rings. The molecule has 1 saturated heterocycles. The van der Waals surface area contributed by atoms with Crippen LogP contribution in [0, 0.1) is 11.8 Å². The average molecular weight is 564 g/mol. The summed E-state index contributed by atoms with van der Waals surface area (Å²) >= 11 is 0. The van der Waals surface area contributed by atoms with Gasteiger partial charge in [-0.15, -0.1) is 0 Å². The fourth-order valence-electron chi connectivity index (χ4n) is 4.12. The van der Waals surface area contributed by atoms with Gasteiger partial charge in [-0.2, -0.15) is 0 Å². The van der Waals surface area contributed by atoms with Crippen LogP contribution < -0.4 is 9.64 Å². The zero-order chi connectivity index (χ0) is 30.2. The van der Waals surface area contributed by atoms with Crippen LogP contribution >= 0.6 is 0 Å². The lowest BCUT2D eigenvalue weighted by Gasteiger charge is -2.14. The third-order valence-corrected chi connectivity index (χ3v) is 6.78. The molecule has 4 aromatic carbocycles. The first kappa shape index (κ1) is 29.5. The minimum Gasteiger partial charge on any atom is -0.508 e. The summed E-state index contributed by atoms with van der Waals surface area (Å²) in [6.45, 7) is 3.51. The van der Waals surface area contributed by atoms with Gasteiger partial charge in [0.1, 0.15) is 17.2 Å². The molecule has 5 rings (SSSR count). The first-order valence-corrected chi connectivity index (χ1v) is 13.2. The number of phenolic OH excluding ortho intramolecular Hbond substituents is 1. The largest absolute Gasteiger partial charge is 0.508 e. The zero-order valence-corrected chi connectivity index (χ0v) is 23.0. The molecular formula is C34H29NO7. The fraction of sp³-hybridized carbons (Fsp3) is 0.118. The highest BCUT2D eigenvalue weighted by atomic mass is 16.5. The van der Waals surface area contributed by atoms with E-state index in [-0.39, 0.29) is 40.7 Å². The summed E-state index contributed by atoms with van der Waals surface area (Å²) in [4.78, 5) is 47.8. The molecule has 1 heterocycles. The van der Waals surface area contributed by atoms with Crippen molar-refractivity contribution in [2.24, 2.45) is 11.8 Å². The molecule has 0 saturated carbocycles. The van der Waals surface area contributed by atoms with Crippen LogP contribution in [0.1, 0.15) is 40.1 Å². The van der Waals surface area contributed by atoms with E-state index in [0.717, 1.165) is 5.56 Å². The van der Waals surface area contributed by atoms with Crippen molar-refractivity contribution in [3.05, 3.63) is 126 Å². The first-order chi connectivity index (χ1) is 20.1. The second-order valence-corrected chi connectivity index (χ2v) is 9.67. The standard InChI is InChI=1S/C22H16O4.C12H13NO3/c23-21(17-4-2-1-3-5-17)15-8-16-6-11-19(12-7-16)26-20-13-9-18(10-14-20)22(24)25;1-7-8(2)12(16)13(11(7)15)9-3-5-10(14)6-4-9/h1-15H,(H,24,25);3-8,14H,1-2H3/b15-8+;. The van der Waals surface area contributed by atoms with Gasteiger partial charge < -0.3 is 14.9 Å². The van der Waals surface area contributed by atoms with Gasteiger partial charge in [0.25, 0.3) is 0 Å². The van der Waals surface area contributed by atoms with E-state index in [2.05, 4.69) is 0 Å². The van der Waals surface area contributed by atoms with Crippen LogP contribution in [0.25, 0.3) is 6.08 Å². The average Bonchev–Trinajstić information content (AvgIpc) is 3.20. The Morgan fingerprint density at radius 3 is 1.76 bits per heavy atom. The van der Waals surface area contributed by atoms with Gasteiger partial charge >= 0.3 is 5.97 Å². The molecule has 2 N–H and O–H groups in total. The lowest BCUT2D eigenvalue weighted by molar-refractivity contribution is -0.122. The number of anilines is 1. The smallest absolute Gasteiger partial charge is 0.335 e. The Kier molecular flexibility index (Phi) is 9.29. The number of benzene rings is 4. The Morgan fingerprint density at radius 2 is 1.24 bits per heavy atom. The Bertz CT molecular complexity index is 1570. The number of allylic oxidation sites excluding steroid dienone is 1. The number of carboxylic acids is 1. The number of hydrogen-bond donors (Lipinski definition) is 2. The van der Waals surface area contributed by atoms with Gasteiger partial charge in [0.2, 0.25) is 11.8 Å². The summed E-state index contributed by atoms with van der Waals surface area (Å²) < 4.78 is 5.68. The molecule has 0 spiro atoms. The minimum absolute atomic E-state index is 0.0514. The number of nitrogens with zero attached hydrogens (tertiary/aromatic N) is 1. The van der Waals surface area contributed by atoms with Gasteiger partial charge in [-0.1, -0.05) is 62.4 Å². The molecule has 212 valence electrons. The number of imide groups is 1. The summed E-state index contributed by atoms with van der Waals surface area (Å²) in [6, 6.07) is 28.6. The summed E-state index contributed by atoms with van der Waals surface area (Å²) in [5.74, 6) is -0.641. The first-order valence-electron chi connectivity index (χ1n) is 13.2. The number of aromatic hydroxyl groups is 1. The van der Waals surface area contributed by atoms with E-state index in [1.807, 2.05) is 30.3 Å². The van der Waals surface area contributed by atoms with Crippen molar-refractivity contribution < 1.29 is 34.1 Å². The topological polar surface area (TPSA) is 121 Å². The lowest BCUT2D eigenvalue weighted by atomic mass is 10.00. The van der Waals surface area contributed by atoms with E-state index < -0.39 is 5.97 Å². The van der Waals surface area contributed by atoms with E-state index >= 15 is 0 Å². The van der Waals surface area contributed by atoms with E-state index in [1.165, 1.54) is 35.2 Å². The number of carbonyl (C=O) groups excluding carboxylic acids is 3. The van der Waals surface area contributed by atoms with Crippen LogP contribution in [-0.2, 0) is 9.59 Å². The van der Waals surface area contributed by atoms with Gasteiger partial charge in [0.05, 0.1) is 11.3 Å². The predicted molar refractivity (Wildman–Crippen MR) is 159 cm³/mol. The quantitative estimate of drug-likeness (QED) is 0.147. The van der Waals surface area contributed by atoms with Crippen molar-refractivity contribution in [2.75, 3.05) is 4.90 Å². The van der Waals surface area contributed by atoms with Crippen molar-refractivity contribution in [3.63, 3.8) is 0 Å². The van der Waals surface area contributed by atoms with Crippen LogP contribution in [0.4, 0.5) is 5.69 Å². The second kappa shape index (κ2) is 13.2. The molecular weight excluding hydrogens is 534 g/mol. The van der Waals surface area contributed by atoms with Crippen molar-refractivity contribution in [3.8, 4) is 17.2 Å². The van der Waals surface area contributed by atoms with Gasteiger partial charge in [-0.25, -0.2) is 4.79 Å². The molecule has 1 aliphatic heterocycles. The summed E-state index contributed by atoms with van der Waals surface area (Å²) in [5, 5.41) is 18.0. The zero-order valence-electron chi connectivity index (χ0n) is 23.0. The van der Waals surface area contributed by atoms with E-state index in [0.29, 0.717) is 22.7 Å². The lowest BCUT2D eigenvalue weighted by Crippen LogP contribution is -2.30. The maximum absolute atomic E-state index is 12.0. The molecule has 2 amide bonds. The highest BCUT2D eigenvalue weighted by molar-refractivity contribution is 6.21. The third-order valence-electron chi connectivity index (χ3n) is 6.78. The molecule has 2 unspecified atom stereocenters. The fourth-order valence-corrected chi connectivity index (χ4v) is 4.12. The van der Waals surface area contributed by atoms with Gasteiger partial charge in [0, 0.05) is 17.4 Å². The van der Waals surface area contributed by atoms with Crippen LogP contribution in [-0.4, -0.2) is 33.8 Å². The molecule has 0 radical (unpaired) electrons. The number of aromatic carboxylic acids is 1. The van der Waals surface area contributed by atoms with Crippen molar-refractivity contribution in [1.29, 1.82) is 0 Å². The highest BCUT2D eigenvalue weighted by Crippen LogP contribution is 2.31. The van der Waals surface area contributed by atoms with Gasteiger partial charge in [-0.05, 0) is 72.3 Å². The Labute approximate surface area is 243 Å². The monoisotopic (exact) mass is 563 g/mol. The molecule has 2 atom stereocenters. The van der Waals surface area contributed by atoms with Crippen LogP contribution in [0.2, 0.25) is 0 Å². The number of ketones is 1. The third kappa shape index (κ3) is 7.17. The normalized spacial score (nSPS) is 16.2. The van der Waals surface area contributed by atoms with E-state index in [4.69, 9.17) is 14.9 Å². The second-order valence-electron chi connectivity index (χ2n) is 9.67. The summed E-state index contributed by atoms with van der Waals surface area (Å²) in [6.07, 6.45) is 3.29. The summed E-state index contributed by atoms with van der Waals surface area (Å²) in [5.41, 5.74) is 2.25. The van der Waals surface area contributed by atoms with Crippen molar-refractivity contribution >= 4 is 35.3 Å². The molecule has 8 nitrogen and oxygen atoms in total. The van der Waals surface area contributed by atoms with Crippen LogP contribution in [0.3, 0.4) is 0 Å².